The van der Waals surface area contributed by atoms with Gasteiger partial charge in [0, 0.05) is 12.5 Å². The van der Waals surface area contributed by atoms with Crippen LogP contribution in [0.3, 0.4) is 0 Å². The molecule has 1 aromatic carbocycles. The fraction of sp³-hybridized carbons (Fsp3) is 0.556. The lowest BCUT2D eigenvalue weighted by Gasteiger charge is -2.29. The molecule has 0 radical (unpaired) electrons. The minimum atomic E-state index is -2.92. The second-order valence-electron chi connectivity index (χ2n) is 6.42. The summed E-state index contributed by atoms with van der Waals surface area (Å²) in [5.41, 5.74) is 6.13. The van der Waals surface area contributed by atoms with E-state index < -0.39 is 6.61 Å². The van der Waals surface area contributed by atoms with Gasteiger partial charge in [-0.15, -0.1) is 0 Å². The Kier molecular flexibility index (Phi) is 7.78. The molecule has 0 spiro atoms. The highest BCUT2D eigenvalue weighted by molar-refractivity contribution is 5.78. The number of benzene rings is 1. The van der Waals surface area contributed by atoms with Crippen LogP contribution in [0.4, 0.5) is 8.78 Å². The Morgan fingerprint density at radius 2 is 2.00 bits per heavy atom. The van der Waals surface area contributed by atoms with E-state index in [-0.39, 0.29) is 35.8 Å². The van der Waals surface area contributed by atoms with Crippen molar-refractivity contribution in [2.45, 2.75) is 25.9 Å². The number of nitrogens with one attached hydrogen (secondary N) is 1. The van der Waals surface area contributed by atoms with Crippen LogP contribution in [0.25, 0.3) is 0 Å². The number of nitrogens with zero attached hydrogens (tertiary/aromatic N) is 1. The summed E-state index contributed by atoms with van der Waals surface area (Å²) >= 11 is 0. The molecule has 3 N–H and O–H groups in total. The van der Waals surface area contributed by atoms with Gasteiger partial charge in [-0.05, 0) is 50.0 Å². The third kappa shape index (κ3) is 6.67. The second-order valence-corrected chi connectivity index (χ2v) is 6.42. The minimum absolute atomic E-state index is 0.0281. The first kappa shape index (κ1) is 20.9. The van der Waals surface area contributed by atoms with E-state index in [0.717, 1.165) is 5.56 Å². The van der Waals surface area contributed by atoms with Gasteiger partial charge in [0.05, 0.1) is 13.7 Å². The Bertz CT molecular complexity index is 649. The van der Waals surface area contributed by atoms with Crippen LogP contribution in [0.2, 0.25) is 0 Å². The standard InChI is InChI=1S/C18H25F2N3O4/c1-26-15-10-12(2-3-14(15)27-18(19)20)4-7-22-16(24)11-23-8-5-13(6-9-23)17(21)25/h2-3,10,13,18H,4-9,11H2,1H3,(H2,21,25)(H,22,24). The van der Waals surface area contributed by atoms with E-state index in [4.69, 9.17) is 10.5 Å². The highest BCUT2D eigenvalue weighted by atomic mass is 19.3. The van der Waals surface area contributed by atoms with Crippen molar-refractivity contribution in [1.29, 1.82) is 0 Å². The summed E-state index contributed by atoms with van der Waals surface area (Å²) in [6, 6.07) is 4.69. The molecule has 1 aliphatic rings. The molecule has 27 heavy (non-hydrogen) atoms. The Morgan fingerprint density at radius 3 is 2.59 bits per heavy atom. The van der Waals surface area contributed by atoms with Gasteiger partial charge in [-0.25, -0.2) is 0 Å². The van der Waals surface area contributed by atoms with E-state index in [2.05, 4.69) is 10.1 Å². The molecule has 1 heterocycles. The van der Waals surface area contributed by atoms with Gasteiger partial charge in [0.1, 0.15) is 0 Å². The third-order valence-corrected chi connectivity index (χ3v) is 4.54. The monoisotopic (exact) mass is 385 g/mol. The second kappa shape index (κ2) is 10.1. The lowest BCUT2D eigenvalue weighted by molar-refractivity contribution is -0.124. The highest BCUT2D eigenvalue weighted by Crippen LogP contribution is 2.29. The smallest absolute Gasteiger partial charge is 0.387 e. The highest BCUT2D eigenvalue weighted by Gasteiger charge is 2.24. The molecule has 2 rings (SSSR count). The Hall–Kier alpha value is -2.42. The van der Waals surface area contributed by atoms with Crippen molar-refractivity contribution < 1.29 is 27.8 Å². The summed E-state index contributed by atoms with van der Waals surface area (Å²) in [6.45, 7) is -0.893. The average Bonchev–Trinajstić information content (AvgIpc) is 2.62. The predicted molar refractivity (Wildman–Crippen MR) is 94.7 cm³/mol. The van der Waals surface area contributed by atoms with Gasteiger partial charge >= 0.3 is 6.61 Å². The van der Waals surface area contributed by atoms with Crippen molar-refractivity contribution in [3.63, 3.8) is 0 Å². The quantitative estimate of drug-likeness (QED) is 0.665. The van der Waals surface area contributed by atoms with Crippen molar-refractivity contribution in [2.75, 3.05) is 33.3 Å². The molecule has 1 aromatic rings. The van der Waals surface area contributed by atoms with E-state index in [9.17, 15) is 18.4 Å². The number of ether oxygens (including phenoxy) is 2. The largest absolute Gasteiger partial charge is 0.493 e. The van der Waals surface area contributed by atoms with Gasteiger partial charge < -0.3 is 20.5 Å². The van der Waals surface area contributed by atoms with Gasteiger partial charge in [-0.1, -0.05) is 6.07 Å². The number of halogens is 2. The molecule has 9 heteroatoms. The lowest BCUT2D eigenvalue weighted by atomic mass is 9.96. The molecule has 0 saturated carbocycles. The molecule has 0 unspecified atom stereocenters. The zero-order valence-electron chi connectivity index (χ0n) is 15.2. The van der Waals surface area contributed by atoms with Crippen molar-refractivity contribution in [2.24, 2.45) is 11.7 Å². The van der Waals surface area contributed by atoms with Gasteiger partial charge in [0.2, 0.25) is 11.8 Å². The summed E-state index contributed by atoms with van der Waals surface area (Å²) in [5.74, 6) is -0.288. The van der Waals surface area contributed by atoms with Crippen molar-refractivity contribution in [3.05, 3.63) is 23.8 Å². The van der Waals surface area contributed by atoms with E-state index >= 15 is 0 Å². The number of primary amides is 1. The molecule has 7 nitrogen and oxygen atoms in total. The normalized spacial score (nSPS) is 15.6. The fourth-order valence-corrected chi connectivity index (χ4v) is 3.04. The van der Waals surface area contributed by atoms with E-state index in [1.807, 2.05) is 4.90 Å². The SMILES string of the molecule is COc1cc(CCNC(=O)CN2CCC(C(N)=O)CC2)ccc1OC(F)F. The van der Waals surface area contributed by atoms with Crippen LogP contribution in [0.15, 0.2) is 18.2 Å². The molecule has 0 atom stereocenters. The number of methoxy groups -OCH3 is 1. The molecular formula is C18H25F2N3O4. The first-order valence-corrected chi connectivity index (χ1v) is 8.79. The maximum atomic E-state index is 12.3. The molecule has 0 bridgehead atoms. The number of piperidine rings is 1. The van der Waals surface area contributed by atoms with E-state index in [1.165, 1.54) is 13.2 Å². The number of alkyl halides is 2. The van der Waals surface area contributed by atoms with Crippen LogP contribution in [0.1, 0.15) is 18.4 Å². The number of rotatable bonds is 9. The predicted octanol–water partition coefficient (Wildman–Crippen LogP) is 1.15. The summed E-state index contributed by atoms with van der Waals surface area (Å²) in [7, 11) is 1.38. The first-order chi connectivity index (χ1) is 12.9. The van der Waals surface area contributed by atoms with Crippen LogP contribution >= 0.6 is 0 Å². The number of likely N-dealkylation sites (tertiary alicyclic amines) is 1. The molecule has 1 saturated heterocycles. The summed E-state index contributed by atoms with van der Waals surface area (Å²) < 4.78 is 34.1. The number of amides is 2. The zero-order chi connectivity index (χ0) is 19.8. The Balaban J connectivity index is 1.74. The van der Waals surface area contributed by atoms with E-state index in [1.54, 1.807) is 12.1 Å². The molecule has 2 amide bonds. The van der Waals surface area contributed by atoms with Crippen LogP contribution in [0.5, 0.6) is 11.5 Å². The number of hydrogen-bond donors (Lipinski definition) is 2. The summed E-state index contributed by atoms with van der Waals surface area (Å²) in [5, 5.41) is 2.83. The van der Waals surface area contributed by atoms with Crippen molar-refractivity contribution in [1.82, 2.24) is 10.2 Å². The Labute approximate surface area is 156 Å². The van der Waals surface area contributed by atoms with Crippen LogP contribution in [0, 0.1) is 5.92 Å². The third-order valence-electron chi connectivity index (χ3n) is 4.54. The first-order valence-electron chi connectivity index (χ1n) is 8.79. The summed E-state index contributed by atoms with van der Waals surface area (Å²) in [6.07, 6.45) is 1.88. The number of carbonyl (C=O) groups excluding carboxylic acids is 2. The molecule has 0 aliphatic carbocycles. The lowest BCUT2D eigenvalue weighted by Crippen LogP contribution is -2.43. The number of hydrogen-bond acceptors (Lipinski definition) is 5. The maximum Gasteiger partial charge on any atom is 0.387 e. The maximum absolute atomic E-state index is 12.3. The van der Waals surface area contributed by atoms with Gasteiger partial charge in [0.15, 0.2) is 11.5 Å². The fourth-order valence-electron chi connectivity index (χ4n) is 3.04. The van der Waals surface area contributed by atoms with E-state index in [0.29, 0.717) is 38.9 Å². The van der Waals surface area contributed by atoms with Crippen LogP contribution in [-0.4, -0.2) is 56.6 Å². The molecule has 1 fully saturated rings. The van der Waals surface area contributed by atoms with Gasteiger partial charge in [-0.2, -0.15) is 8.78 Å². The molecule has 150 valence electrons. The van der Waals surface area contributed by atoms with Crippen molar-refractivity contribution in [3.8, 4) is 11.5 Å². The molecular weight excluding hydrogens is 360 g/mol. The topological polar surface area (TPSA) is 93.9 Å². The molecule has 1 aliphatic heterocycles. The van der Waals surface area contributed by atoms with Crippen LogP contribution in [-0.2, 0) is 16.0 Å². The summed E-state index contributed by atoms with van der Waals surface area (Å²) in [4.78, 5) is 25.2. The zero-order valence-corrected chi connectivity index (χ0v) is 15.2. The number of nitrogens with two attached hydrogens (primary N) is 1. The molecule has 0 aromatic heterocycles. The average molecular weight is 385 g/mol. The van der Waals surface area contributed by atoms with Crippen LogP contribution < -0.4 is 20.5 Å². The minimum Gasteiger partial charge on any atom is -0.493 e. The van der Waals surface area contributed by atoms with Gasteiger partial charge in [-0.3, -0.25) is 14.5 Å². The Morgan fingerprint density at radius 1 is 1.30 bits per heavy atom. The van der Waals surface area contributed by atoms with Gasteiger partial charge in [0.25, 0.3) is 0 Å². The van der Waals surface area contributed by atoms with Crippen molar-refractivity contribution >= 4 is 11.8 Å². The number of carbonyl (C=O) groups is 2.